The summed E-state index contributed by atoms with van der Waals surface area (Å²) in [6.45, 7) is 3.77. The van der Waals surface area contributed by atoms with Gasteiger partial charge in [-0.2, -0.15) is 4.33 Å². The zero-order valence-corrected chi connectivity index (χ0v) is 48.2. The van der Waals surface area contributed by atoms with Crippen molar-refractivity contribution in [2.24, 2.45) is 0 Å². The van der Waals surface area contributed by atoms with E-state index in [1.807, 2.05) is 79.7 Å². The van der Waals surface area contributed by atoms with Gasteiger partial charge >= 0.3 is 59.1 Å². The topological polar surface area (TPSA) is 218 Å². The zero-order valence-electron chi connectivity index (χ0n) is 42.6. The summed E-state index contributed by atoms with van der Waals surface area (Å²) < 4.78 is 80.0. The largest absolute Gasteiger partial charge is 1.00 e. The van der Waals surface area contributed by atoms with Crippen molar-refractivity contribution in [3.63, 3.8) is 0 Å². The number of aryl methyl sites for hydroxylation is 1. The van der Waals surface area contributed by atoms with Crippen molar-refractivity contribution < 1.29 is 135 Å². The fourth-order valence-corrected chi connectivity index (χ4v) is 9.40. The summed E-state index contributed by atoms with van der Waals surface area (Å²) in [6.07, 6.45) is 0. The predicted octanol–water partition coefficient (Wildman–Crippen LogP) is 4.08. The Kier molecular flexibility index (Phi) is 20.7. The van der Waals surface area contributed by atoms with E-state index in [0.29, 0.717) is 72.6 Å². The summed E-state index contributed by atoms with van der Waals surface area (Å²) in [6, 6.07) is 52.5. The summed E-state index contributed by atoms with van der Waals surface area (Å²) in [5.41, 5.74) is 5.66. The fourth-order valence-electron chi connectivity index (χ4n) is 8.42. The fraction of sp³-hybridized carbons (Fsp3) is 0.138. The number of rotatable bonds is 17. The molecule has 0 amide bonds. The van der Waals surface area contributed by atoms with Gasteiger partial charge in [-0.25, -0.2) is 8.42 Å². The Bertz CT molecular complexity index is 3410. The van der Waals surface area contributed by atoms with Crippen LogP contribution in [0, 0.1) is 6.92 Å². The monoisotopic (exact) mass is 1110 g/mol. The second-order valence-electron chi connectivity index (χ2n) is 17.1. The molecule has 0 spiro atoms. The minimum absolute atomic E-state index is 0. The van der Waals surface area contributed by atoms with Crippen molar-refractivity contribution in [3.8, 4) is 34.5 Å². The molecule has 8 aromatic rings. The summed E-state index contributed by atoms with van der Waals surface area (Å²) in [7, 11) is -3.16. The number of carbonyl (C=O) groups excluding carboxylic acids is 2. The maximum Gasteiger partial charge on any atom is 1.00 e. The van der Waals surface area contributed by atoms with Gasteiger partial charge in [0.05, 0.1) is 55.4 Å². The van der Waals surface area contributed by atoms with E-state index in [2.05, 4.69) is 9.37 Å². The van der Waals surface area contributed by atoms with E-state index in [1.165, 1.54) is 30.3 Å². The first-order valence-corrected chi connectivity index (χ1v) is 25.6. The molecule has 2 saturated heterocycles. The van der Waals surface area contributed by atoms with Crippen LogP contribution in [0.15, 0.2) is 198 Å². The van der Waals surface area contributed by atoms with E-state index in [1.54, 1.807) is 79.9 Å². The minimum Gasteiger partial charge on any atom is -0.744 e. The standard InChI is InChI=1S/C29H24O11S2.C29H24O5.2Na/c1-35-23-10-6-21(7-11-23)29(36-15-16-37-29)22-8-12-24(13-9-22)38-26-14-5-20(18-27(26)41-40-39-31)28(30)19-3-2-4-25(17-19)42(32,33)34;1-20-2-4-21(5-3-20)28(31)22-6-14-26(15-7-22)34-27-16-10-24(11-17-27)29(32-18-19-33-29)23-8-12-25(30)13-9-23;;/h2-14,17-18,31H,15-16H2,1H3,(H,32,33,34);2-17,30H,18-19H2,1H3;;/q;;2*+1/p-2. The van der Waals surface area contributed by atoms with Crippen LogP contribution in [0.3, 0.4) is 0 Å². The molecule has 0 aliphatic carbocycles. The van der Waals surface area contributed by atoms with Gasteiger partial charge in [-0.15, -0.1) is 0 Å². The Morgan fingerprint density at radius 3 is 1.42 bits per heavy atom. The first kappa shape index (κ1) is 59.9. The number of carbonyl (C=O) groups is 2. The van der Waals surface area contributed by atoms with Crippen molar-refractivity contribution in [2.75, 3.05) is 33.5 Å². The molecule has 2 heterocycles. The molecule has 16 nitrogen and oxygen atoms in total. The van der Waals surface area contributed by atoms with Gasteiger partial charge in [0.2, 0.25) is 11.6 Å². The number of ketones is 2. The second-order valence-corrected chi connectivity index (χ2v) is 19.2. The van der Waals surface area contributed by atoms with Gasteiger partial charge < -0.3 is 48.1 Å². The molecule has 0 radical (unpaired) electrons. The van der Waals surface area contributed by atoms with E-state index in [9.17, 15) is 32.9 Å². The van der Waals surface area contributed by atoms with E-state index in [0.717, 1.165) is 39.9 Å². The van der Waals surface area contributed by atoms with Crippen LogP contribution >= 0.6 is 12.0 Å². The molecule has 388 valence electrons. The summed E-state index contributed by atoms with van der Waals surface area (Å²) >= 11 is 0.516. The molecule has 2 fully saturated rings. The number of phenols is 1. The van der Waals surface area contributed by atoms with Crippen LogP contribution in [0.25, 0.3) is 0 Å². The number of aromatic hydroxyl groups is 1. The maximum absolute atomic E-state index is 13.1. The van der Waals surface area contributed by atoms with Crippen molar-refractivity contribution in [1.29, 1.82) is 0 Å². The maximum atomic E-state index is 13.1. The number of methoxy groups -OCH3 is 1. The Balaban J connectivity index is 0.000000225. The third kappa shape index (κ3) is 14.0. The van der Waals surface area contributed by atoms with Crippen molar-refractivity contribution in [1.82, 2.24) is 0 Å². The van der Waals surface area contributed by atoms with Gasteiger partial charge in [-0.05, 0) is 159 Å². The van der Waals surface area contributed by atoms with Crippen molar-refractivity contribution in [2.45, 2.75) is 28.3 Å². The SMILES string of the molecule is COc1ccc(C2(c3ccc(Oc4ccc(C(=O)c5cccc(S(=O)(=O)[O-])c5)cc4SOO[O-])cc3)OCCO2)cc1.Cc1ccc(C(=O)c2ccc(Oc3ccc(C4(c5ccc(O)cc5)OCCO4)cc3)cc2)cc1.[Na+].[Na+]. The van der Waals surface area contributed by atoms with E-state index in [4.69, 9.17) is 33.2 Å². The molecule has 2 aliphatic heterocycles. The molecule has 0 unspecified atom stereocenters. The van der Waals surface area contributed by atoms with Crippen LogP contribution in [-0.2, 0) is 50.0 Å². The predicted molar refractivity (Wildman–Crippen MR) is 273 cm³/mol. The molecule has 78 heavy (non-hydrogen) atoms. The average molecular weight is 1110 g/mol. The number of hydrogen-bond donors (Lipinski definition) is 1. The molecule has 20 heteroatoms. The van der Waals surface area contributed by atoms with Crippen LogP contribution in [0.4, 0.5) is 0 Å². The minimum atomic E-state index is -4.75. The third-order valence-corrected chi connectivity index (χ3v) is 13.7. The molecule has 10 rings (SSSR count). The Morgan fingerprint density at radius 2 is 0.949 bits per heavy atom. The summed E-state index contributed by atoms with van der Waals surface area (Å²) in [5, 5.41) is 23.6. The molecule has 1 N–H and O–H groups in total. The van der Waals surface area contributed by atoms with Gasteiger partial charge in [0.1, 0.15) is 44.6 Å². The number of benzene rings is 8. The molecular formula is C58H46Na2O16S2. The number of hydrogen-bond acceptors (Lipinski definition) is 17. The molecule has 0 saturated carbocycles. The van der Waals surface area contributed by atoms with Gasteiger partial charge in [0, 0.05) is 44.5 Å². The van der Waals surface area contributed by atoms with Crippen LogP contribution in [-0.4, -0.2) is 63.2 Å². The molecule has 2 aliphatic rings. The number of phenolic OH excluding ortho intramolecular Hbond substituents is 1. The van der Waals surface area contributed by atoms with Gasteiger partial charge in [-0.1, -0.05) is 42.0 Å². The van der Waals surface area contributed by atoms with Crippen molar-refractivity contribution in [3.05, 3.63) is 238 Å². The van der Waals surface area contributed by atoms with Crippen LogP contribution in [0.5, 0.6) is 34.5 Å². The van der Waals surface area contributed by atoms with Crippen LogP contribution in [0.1, 0.15) is 59.7 Å². The first-order chi connectivity index (χ1) is 36.8. The van der Waals surface area contributed by atoms with Gasteiger partial charge in [0.25, 0.3) is 0 Å². The molecule has 8 aromatic carbocycles. The summed E-state index contributed by atoms with van der Waals surface area (Å²) in [4.78, 5) is 25.4. The molecule has 0 aromatic heterocycles. The van der Waals surface area contributed by atoms with Gasteiger partial charge in [0.15, 0.2) is 11.6 Å². The molecular weight excluding hydrogens is 1060 g/mol. The first-order valence-electron chi connectivity index (χ1n) is 23.4. The van der Waals surface area contributed by atoms with E-state index < -0.39 is 32.4 Å². The third-order valence-electron chi connectivity index (χ3n) is 12.2. The van der Waals surface area contributed by atoms with Crippen LogP contribution in [0.2, 0.25) is 0 Å². The number of ether oxygens (including phenoxy) is 7. The normalized spacial score (nSPS) is 14.2. The average Bonchev–Trinajstić information content (AvgIpc) is 4.20. The zero-order chi connectivity index (χ0) is 53.3. The smallest absolute Gasteiger partial charge is 0.744 e. The van der Waals surface area contributed by atoms with E-state index >= 15 is 0 Å². The quantitative estimate of drug-likeness (QED) is 0.0339. The Labute approximate surface area is 498 Å². The van der Waals surface area contributed by atoms with Crippen molar-refractivity contribution >= 4 is 33.7 Å². The van der Waals surface area contributed by atoms with Gasteiger partial charge in [-0.3, -0.25) is 14.6 Å². The molecule has 0 bridgehead atoms. The van der Waals surface area contributed by atoms with Crippen LogP contribution < -0.4 is 78.6 Å². The molecule has 0 atom stereocenters. The van der Waals surface area contributed by atoms with E-state index in [-0.39, 0.29) is 92.4 Å². The summed E-state index contributed by atoms with van der Waals surface area (Å²) in [5.74, 6) is 0.123. The second kappa shape index (κ2) is 27.0. The Morgan fingerprint density at radius 1 is 0.538 bits per heavy atom. The Hall–Kier alpha value is -5.72.